The molecule has 1 heterocycles. The summed E-state index contributed by atoms with van der Waals surface area (Å²) in [6.07, 6.45) is 1.98. The lowest BCUT2D eigenvalue weighted by Crippen LogP contribution is -2.12. The van der Waals surface area contributed by atoms with E-state index in [2.05, 4.69) is 27.7 Å². The molecule has 0 aliphatic carbocycles. The van der Waals surface area contributed by atoms with Crippen molar-refractivity contribution < 1.29 is 24.5 Å². The molecule has 0 spiro atoms. The third-order valence-corrected chi connectivity index (χ3v) is 5.81. The van der Waals surface area contributed by atoms with Crippen molar-refractivity contribution in [3.8, 4) is 5.75 Å². The van der Waals surface area contributed by atoms with Gasteiger partial charge in [0.05, 0.1) is 6.61 Å². The number of hydrogen-bond acceptors (Lipinski definition) is 7. The van der Waals surface area contributed by atoms with E-state index in [-0.39, 0.29) is 13.0 Å². The summed E-state index contributed by atoms with van der Waals surface area (Å²) < 4.78 is 7.35. The molecule has 32 heavy (non-hydrogen) atoms. The lowest BCUT2D eigenvalue weighted by molar-refractivity contribution is -0.137. The molecule has 3 rings (SSSR count). The largest absolute Gasteiger partial charge is 0.493 e. The molecule has 10 heteroatoms. The van der Waals surface area contributed by atoms with Crippen LogP contribution in [0.1, 0.15) is 35.6 Å². The van der Waals surface area contributed by atoms with E-state index < -0.39 is 17.2 Å². The van der Waals surface area contributed by atoms with Crippen molar-refractivity contribution in [1.29, 1.82) is 0 Å². The van der Waals surface area contributed by atoms with Gasteiger partial charge in [0.25, 0.3) is 0 Å². The topological polar surface area (TPSA) is 127 Å². The molecule has 168 valence electrons. The van der Waals surface area contributed by atoms with Gasteiger partial charge in [-0.2, -0.15) is 0 Å². The molecule has 2 N–H and O–H groups in total. The summed E-state index contributed by atoms with van der Waals surface area (Å²) in [6.45, 7) is 0.738. The highest BCUT2D eigenvalue weighted by Crippen LogP contribution is 2.38. The lowest BCUT2D eigenvalue weighted by atomic mass is 10.1. The van der Waals surface area contributed by atoms with Crippen LogP contribution in [0.5, 0.6) is 5.75 Å². The number of aliphatic carboxylic acids is 2. The Morgan fingerprint density at radius 2 is 1.78 bits per heavy atom. The minimum Gasteiger partial charge on any atom is -0.493 e. The second-order valence-corrected chi connectivity index (χ2v) is 8.07. The summed E-state index contributed by atoms with van der Waals surface area (Å²) in [5.41, 5.74) is 1.74. The summed E-state index contributed by atoms with van der Waals surface area (Å²) >= 11 is 0.992. The number of thioether (sulfide) groups is 1. The highest BCUT2D eigenvalue weighted by Gasteiger charge is 2.27. The number of rotatable bonds is 13. The zero-order valence-corrected chi connectivity index (χ0v) is 18.1. The molecule has 0 amide bonds. The molecule has 1 unspecified atom stereocenters. The Morgan fingerprint density at radius 3 is 2.53 bits per heavy atom. The molecule has 9 nitrogen and oxygen atoms in total. The van der Waals surface area contributed by atoms with Crippen LogP contribution >= 0.6 is 11.8 Å². The maximum absolute atomic E-state index is 12.1. The average Bonchev–Trinajstić information content (AvgIpc) is 3.23. The molecule has 0 aliphatic rings. The van der Waals surface area contributed by atoms with Crippen molar-refractivity contribution in [3.05, 3.63) is 65.7 Å². The first-order chi connectivity index (χ1) is 15.5. The molecule has 0 saturated heterocycles. The highest BCUT2D eigenvalue weighted by atomic mass is 32.2. The number of ether oxygens (including phenoxy) is 1. The minimum atomic E-state index is -1.05. The van der Waals surface area contributed by atoms with Crippen molar-refractivity contribution in [1.82, 2.24) is 20.2 Å². The number of hydrogen-bond donors (Lipinski definition) is 2. The number of benzene rings is 2. The zero-order valence-electron chi connectivity index (χ0n) is 17.3. The third kappa shape index (κ3) is 6.81. The Kier molecular flexibility index (Phi) is 8.61. The molecule has 1 atom stereocenters. The Hall–Kier alpha value is -3.40. The number of aromatic nitrogens is 4. The Balaban J connectivity index is 1.66. The number of carboxylic acid groups (broad SMARTS) is 2. The Morgan fingerprint density at radius 1 is 1.03 bits per heavy atom. The molecular weight excluding hydrogens is 432 g/mol. The number of nitrogens with zero attached hydrogens (tertiary/aromatic N) is 4. The number of tetrazole rings is 1. The van der Waals surface area contributed by atoms with Crippen LogP contribution < -0.4 is 4.74 Å². The fourth-order valence-corrected chi connectivity index (χ4v) is 4.05. The van der Waals surface area contributed by atoms with Crippen molar-refractivity contribution in [2.45, 2.75) is 42.6 Å². The van der Waals surface area contributed by atoms with E-state index in [1.54, 1.807) is 24.3 Å². The quantitative estimate of drug-likeness (QED) is 0.293. The van der Waals surface area contributed by atoms with Gasteiger partial charge in [0, 0.05) is 18.5 Å². The molecule has 2 aromatic carbocycles. The van der Waals surface area contributed by atoms with Crippen LogP contribution in [0, 0.1) is 0 Å². The molecule has 0 fully saturated rings. The normalized spacial score (nSPS) is 11.8. The van der Waals surface area contributed by atoms with E-state index in [4.69, 9.17) is 9.84 Å². The van der Waals surface area contributed by atoms with E-state index in [1.807, 2.05) is 18.2 Å². The molecule has 0 radical (unpaired) electrons. The van der Waals surface area contributed by atoms with Crippen molar-refractivity contribution in [3.63, 3.8) is 0 Å². The van der Waals surface area contributed by atoms with E-state index in [9.17, 15) is 14.7 Å². The monoisotopic (exact) mass is 456 g/mol. The first kappa shape index (κ1) is 23.3. The van der Waals surface area contributed by atoms with Crippen molar-refractivity contribution >= 4 is 23.7 Å². The van der Waals surface area contributed by atoms with Crippen LogP contribution in [0.4, 0.5) is 0 Å². The molecule has 0 saturated carbocycles. The predicted octanol–water partition coefficient (Wildman–Crippen LogP) is 3.47. The fraction of sp³-hybridized carbons (Fsp3) is 0.318. The number of para-hydroxylation sites is 1. The van der Waals surface area contributed by atoms with E-state index in [0.717, 1.165) is 24.6 Å². The molecule has 0 bridgehead atoms. The fourth-order valence-electron chi connectivity index (χ4n) is 3.09. The van der Waals surface area contributed by atoms with Crippen LogP contribution in [0.2, 0.25) is 0 Å². The molecule has 3 aromatic rings. The maximum Gasteiger partial charge on any atom is 0.321 e. The van der Waals surface area contributed by atoms with Gasteiger partial charge in [-0.1, -0.05) is 60.3 Å². The smallest absolute Gasteiger partial charge is 0.321 e. The van der Waals surface area contributed by atoms with Crippen molar-refractivity contribution in [2.75, 3.05) is 6.61 Å². The first-order valence-electron chi connectivity index (χ1n) is 10.2. The third-order valence-electron chi connectivity index (χ3n) is 4.62. The van der Waals surface area contributed by atoms with Gasteiger partial charge >= 0.3 is 11.9 Å². The highest BCUT2D eigenvalue weighted by molar-refractivity contribution is 8.00. The maximum atomic E-state index is 12.1. The van der Waals surface area contributed by atoms with E-state index in [1.165, 1.54) is 10.2 Å². The Labute approximate surface area is 189 Å². The van der Waals surface area contributed by atoms with Crippen LogP contribution in [0.15, 0.2) is 59.8 Å². The van der Waals surface area contributed by atoms with Gasteiger partial charge in [0.15, 0.2) is 0 Å². The molecular formula is C22H24N4O5S. The second-order valence-electron chi connectivity index (χ2n) is 6.99. The summed E-state index contributed by atoms with van der Waals surface area (Å²) in [5.74, 6) is -1.45. The Bertz CT molecular complexity index is 1030. The SMILES string of the molecule is O=C(O)CCCn1nnnc1SC(C(=O)O)c1ccccc1OCCCc1ccccc1. The first-order valence-corrected chi connectivity index (χ1v) is 11.1. The van der Waals surface area contributed by atoms with E-state index in [0.29, 0.717) is 29.5 Å². The van der Waals surface area contributed by atoms with Gasteiger partial charge in [-0.15, -0.1) is 5.10 Å². The van der Waals surface area contributed by atoms with Crippen LogP contribution in [0.25, 0.3) is 0 Å². The minimum absolute atomic E-state index is 0.0218. The van der Waals surface area contributed by atoms with Crippen molar-refractivity contribution in [2.24, 2.45) is 0 Å². The van der Waals surface area contributed by atoms with Crippen LogP contribution in [-0.4, -0.2) is 49.0 Å². The summed E-state index contributed by atoms with van der Waals surface area (Å²) in [7, 11) is 0. The molecule has 1 aromatic heterocycles. The van der Waals surface area contributed by atoms with Gasteiger partial charge in [0.1, 0.15) is 11.0 Å². The summed E-state index contributed by atoms with van der Waals surface area (Å²) in [6, 6.07) is 17.1. The number of aryl methyl sites for hydroxylation is 2. The average molecular weight is 457 g/mol. The van der Waals surface area contributed by atoms with Gasteiger partial charge in [-0.3, -0.25) is 9.59 Å². The zero-order chi connectivity index (χ0) is 22.8. The van der Waals surface area contributed by atoms with Gasteiger partial charge in [0.2, 0.25) is 5.16 Å². The van der Waals surface area contributed by atoms with Gasteiger partial charge < -0.3 is 14.9 Å². The van der Waals surface area contributed by atoms with E-state index >= 15 is 0 Å². The number of carbonyl (C=O) groups is 2. The van der Waals surface area contributed by atoms with Crippen LogP contribution in [0.3, 0.4) is 0 Å². The standard InChI is InChI=1S/C22H24N4O5S/c27-19(28)13-6-14-26-22(23-24-25-26)32-20(21(29)30)17-11-4-5-12-18(17)31-15-7-10-16-8-2-1-3-9-16/h1-5,8-9,11-12,20H,6-7,10,13-15H2,(H,27,28)(H,29,30). The second kappa shape index (κ2) is 11.8. The summed E-state index contributed by atoms with van der Waals surface area (Å²) in [4.78, 5) is 22.8. The predicted molar refractivity (Wildman–Crippen MR) is 118 cm³/mol. The number of carboxylic acids is 2. The van der Waals surface area contributed by atoms with Gasteiger partial charge in [-0.05, 0) is 41.3 Å². The van der Waals surface area contributed by atoms with Crippen LogP contribution in [-0.2, 0) is 22.6 Å². The lowest BCUT2D eigenvalue weighted by Gasteiger charge is -2.17. The summed E-state index contributed by atoms with van der Waals surface area (Å²) in [5, 5.41) is 29.4. The molecule has 0 aliphatic heterocycles. The van der Waals surface area contributed by atoms with Gasteiger partial charge in [-0.25, -0.2) is 4.68 Å².